The molecule has 0 aromatic heterocycles. The number of cyclic esters (lactones) is 1. The van der Waals surface area contributed by atoms with Crippen molar-refractivity contribution in [3.05, 3.63) is 23.8 Å². The van der Waals surface area contributed by atoms with Gasteiger partial charge in [0.25, 0.3) is 0 Å². The zero-order chi connectivity index (χ0) is 22.0. The molecule has 1 aromatic rings. The molecule has 0 bridgehead atoms. The lowest BCUT2D eigenvalue weighted by molar-refractivity contribution is -0.129. The number of carbonyl (C=O) groups is 3. The van der Waals surface area contributed by atoms with Gasteiger partial charge < -0.3 is 14.5 Å². The number of anilines is 2. The number of hydroxylamine groups is 2. The summed E-state index contributed by atoms with van der Waals surface area (Å²) in [5, 5.41) is 0.250. The largest absolute Gasteiger partial charge is 0.441 e. The van der Waals surface area contributed by atoms with Gasteiger partial charge in [0.2, 0.25) is 5.91 Å². The molecule has 2 fully saturated rings. The molecule has 0 N–H and O–H groups in total. The molecule has 0 spiro atoms. The van der Waals surface area contributed by atoms with Crippen molar-refractivity contribution in [3.63, 3.8) is 0 Å². The molecule has 0 radical (unpaired) electrons. The first-order valence-corrected chi connectivity index (χ1v) is 9.69. The number of ether oxygens (including phenoxy) is 1. The summed E-state index contributed by atoms with van der Waals surface area (Å²) in [6, 6.07) is 2.15. The molecule has 2 aliphatic heterocycles. The average Bonchev–Trinajstić information content (AvgIpc) is 3.06. The summed E-state index contributed by atoms with van der Waals surface area (Å²) in [4.78, 5) is 43.9. The molecule has 164 valence electrons. The Labute approximate surface area is 177 Å². The number of nitrogens with zero attached hydrogens (tertiary/aromatic N) is 4. The highest BCUT2D eigenvalue weighted by Crippen LogP contribution is 2.31. The fourth-order valence-electron chi connectivity index (χ4n) is 3.32. The predicted molar refractivity (Wildman–Crippen MR) is 107 cm³/mol. The molecule has 2 saturated heterocycles. The van der Waals surface area contributed by atoms with Crippen LogP contribution in [0.25, 0.3) is 0 Å². The highest BCUT2D eigenvalue weighted by Gasteiger charge is 2.34. The Bertz CT molecular complexity index is 827. The van der Waals surface area contributed by atoms with Crippen LogP contribution in [0.3, 0.4) is 0 Å². The Balaban J connectivity index is 1.68. The predicted octanol–water partition coefficient (Wildman–Crippen LogP) is 1.87. The molecule has 0 aliphatic carbocycles. The first-order chi connectivity index (χ1) is 14.2. The molecule has 3 amide bonds. The van der Waals surface area contributed by atoms with Crippen LogP contribution in [0.2, 0.25) is 0 Å². The van der Waals surface area contributed by atoms with Crippen molar-refractivity contribution in [3.8, 4) is 0 Å². The lowest BCUT2D eigenvalue weighted by Gasteiger charge is -2.36. The third-order valence-corrected chi connectivity index (χ3v) is 5.23. The zero-order valence-electron chi connectivity index (χ0n) is 16.5. The normalized spacial score (nSPS) is 19.2. The maximum Gasteiger partial charge on any atom is 0.414 e. The molecule has 9 nitrogen and oxygen atoms in total. The molecule has 12 heteroatoms. The van der Waals surface area contributed by atoms with Crippen molar-refractivity contribution in [2.24, 2.45) is 0 Å². The molecule has 30 heavy (non-hydrogen) atoms. The monoisotopic (exact) mass is 444 g/mol. The number of thiol groups is 1. The number of piperazine rings is 1. The first-order valence-electron chi connectivity index (χ1n) is 9.24. The number of hydrogen-bond acceptors (Lipinski definition) is 6. The van der Waals surface area contributed by atoms with Crippen LogP contribution in [0, 0.1) is 11.6 Å². The Hall–Kier alpha value is -2.60. The van der Waals surface area contributed by atoms with Gasteiger partial charge in [0, 0.05) is 52.3 Å². The minimum atomic E-state index is -0.811. The van der Waals surface area contributed by atoms with E-state index in [4.69, 9.17) is 9.57 Å². The Morgan fingerprint density at radius 2 is 1.83 bits per heavy atom. The van der Waals surface area contributed by atoms with Crippen molar-refractivity contribution in [1.29, 1.82) is 0 Å². The molecular formula is C18H22F2N4O5S. The maximum absolute atomic E-state index is 14.8. The van der Waals surface area contributed by atoms with E-state index in [0.717, 1.165) is 22.1 Å². The third-order valence-electron chi connectivity index (χ3n) is 4.95. The number of carbonyl (C=O) groups excluding carboxylic acids is 3. The van der Waals surface area contributed by atoms with Gasteiger partial charge in [-0.3, -0.25) is 19.3 Å². The molecule has 3 rings (SSSR count). The van der Waals surface area contributed by atoms with Gasteiger partial charge in [0.1, 0.15) is 18.4 Å². The third kappa shape index (κ3) is 4.75. The van der Waals surface area contributed by atoms with E-state index >= 15 is 0 Å². The summed E-state index contributed by atoms with van der Waals surface area (Å²) in [6.45, 7) is 2.69. The van der Waals surface area contributed by atoms with Crippen LogP contribution in [0.5, 0.6) is 0 Å². The van der Waals surface area contributed by atoms with Crippen molar-refractivity contribution in [2.75, 3.05) is 56.2 Å². The number of benzene rings is 1. The van der Waals surface area contributed by atoms with E-state index in [1.807, 2.05) is 0 Å². The second kappa shape index (κ2) is 9.04. The van der Waals surface area contributed by atoms with Crippen LogP contribution in [-0.4, -0.2) is 79.7 Å². The van der Waals surface area contributed by atoms with Gasteiger partial charge in [-0.05, 0) is 0 Å². The minimum Gasteiger partial charge on any atom is -0.441 e. The lowest BCUT2D eigenvalue weighted by Crippen LogP contribution is -2.48. The smallest absolute Gasteiger partial charge is 0.414 e. The first kappa shape index (κ1) is 22.1. The van der Waals surface area contributed by atoms with Crippen LogP contribution in [0.15, 0.2) is 12.1 Å². The van der Waals surface area contributed by atoms with Crippen LogP contribution in [0.1, 0.15) is 6.92 Å². The van der Waals surface area contributed by atoms with E-state index in [2.05, 4.69) is 12.6 Å². The number of amides is 3. The van der Waals surface area contributed by atoms with Crippen LogP contribution < -0.4 is 9.80 Å². The molecule has 1 aromatic carbocycles. The standard InChI is InChI=1S/C18H22F2N4O5S/c1-11(25)22-3-5-23(6-4-22)16-14(19)7-12(8-15(16)20)24-9-13(29-17(24)26)10-28-21(2)18(27)30/h7-8,13H,3-6,9-10H2,1-2H3,(H,27,30)/t13-/m0/s1. The van der Waals surface area contributed by atoms with Gasteiger partial charge in [0.15, 0.2) is 11.6 Å². The highest BCUT2D eigenvalue weighted by molar-refractivity contribution is 7.96. The van der Waals surface area contributed by atoms with E-state index in [0.29, 0.717) is 26.2 Å². The Morgan fingerprint density at radius 1 is 1.23 bits per heavy atom. The fraction of sp³-hybridized carbons (Fsp3) is 0.500. The van der Waals surface area contributed by atoms with E-state index < -0.39 is 29.1 Å². The van der Waals surface area contributed by atoms with Gasteiger partial charge in [-0.1, -0.05) is 12.6 Å². The van der Waals surface area contributed by atoms with Crippen LogP contribution in [-0.2, 0) is 14.4 Å². The second-order valence-corrected chi connectivity index (χ2v) is 7.33. The summed E-state index contributed by atoms with van der Waals surface area (Å²) >= 11 is 3.59. The van der Waals surface area contributed by atoms with Crippen LogP contribution >= 0.6 is 12.6 Å². The van der Waals surface area contributed by atoms with E-state index in [1.165, 1.54) is 18.9 Å². The lowest BCUT2D eigenvalue weighted by atomic mass is 10.2. The van der Waals surface area contributed by atoms with Crippen molar-refractivity contribution in [1.82, 2.24) is 9.96 Å². The molecule has 2 aliphatic rings. The average molecular weight is 444 g/mol. The van der Waals surface area contributed by atoms with Gasteiger partial charge >= 0.3 is 11.3 Å². The molecule has 2 heterocycles. The van der Waals surface area contributed by atoms with Gasteiger partial charge in [-0.15, -0.1) is 0 Å². The second-order valence-electron chi connectivity index (χ2n) is 6.94. The van der Waals surface area contributed by atoms with E-state index in [-0.39, 0.29) is 30.4 Å². The minimum absolute atomic E-state index is 0.00292. The molecule has 0 unspecified atom stereocenters. The zero-order valence-corrected chi connectivity index (χ0v) is 17.4. The van der Waals surface area contributed by atoms with Crippen LogP contribution in [0.4, 0.5) is 29.7 Å². The molecular weight excluding hydrogens is 422 g/mol. The summed E-state index contributed by atoms with van der Waals surface area (Å²) in [5.74, 6) is -1.70. The van der Waals surface area contributed by atoms with Crippen molar-refractivity contribution in [2.45, 2.75) is 13.0 Å². The van der Waals surface area contributed by atoms with Crippen molar-refractivity contribution >= 4 is 41.2 Å². The van der Waals surface area contributed by atoms with E-state index in [9.17, 15) is 23.2 Å². The summed E-state index contributed by atoms with van der Waals surface area (Å²) < 4.78 is 34.6. The topological polar surface area (TPSA) is 82.6 Å². The molecule has 0 saturated carbocycles. The highest BCUT2D eigenvalue weighted by atomic mass is 32.1. The summed E-state index contributed by atoms with van der Waals surface area (Å²) in [6.07, 6.45) is -1.50. The van der Waals surface area contributed by atoms with Gasteiger partial charge in [-0.25, -0.2) is 18.6 Å². The van der Waals surface area contributed by atoms with Crippen molar-refractivity contribution < 1.29 is 32.7 Å². The quantitative estimate of drug-likeness (QED) is 0.552. The maximum atomic E-state index is 14.8. The Morgan fingerprint density at radius 3 is 2.37 bits per heavy atom. The summed E-state index contributed by atoms with van der Waals surface area (Å²) in [7, 11) is 1.35. The fourth-order valence-corrected chi connectivity index (χ4v) is 3.38. The Kier molecular flexibility index (Phi) is 6.66. The van der Waals surface area contributed by atoms with E-state index in [1.54, 1.807) is 4.90 Å². The SMILES string of the molecule is CC(=O)N1CCN(c2c(F)cc(N3C[C@@H](CON(C)C(=O)S)OC3=O)cc2F)CC1. The number of rotatable bonds is 5. The molecule has 1 atom stereocenters. The van der Waals surface area contributed by atoms with Gasteiger partial charge in [-0.2, -0.15) is 0 Å². The van der Waals surface area contributed by atoms with Gasteiger partial charge in [0.05, 0.1) is 12.2 Å². The number of halogens is 2. The number of hydrogen-bond donors (Lipinski definition) is 1. The summed E-state index contributed by atoms with van der Waals surface area (Å²) in [5.41, 5.74) is -0.175.